The number of amides is 2. The molecule has 2 N–H and O–H groups in total. The summed E-state index contributed by atoms with van der Waals surface area (Å²) in [5.41, 5.74) is 0.862. The molecule has 2 bridgehead atoms. The fraction of sp³-hybridized carbons (Fsp3) is 0.632. The quantitative estimate of drug-likeness (QED) is 0.808. The summed E-state index contributed by atoms with van der Waals surface area (Å²) >= 11 is 1.71. The molecule has 24 heavy (non-hydrogen) atoms. The molecule has 1 aromatic carbocycles. The summed E-state index contributed by atoms with van der Waals surface area (Å²) in [5, 5.41) is 6.20. The topological polar surface area (TPSA) is 44.4 Å². The fourth-order valence-corrected chi connectivity index (χ4v) is 4.94. The molecule has 1 aliphatic carbocycles. The number of carbonyl (C=O) groups is 1. The van der Waals surface area contributed by atoms with Crippen LogP contribution in [0.15, 0.2) is 29.2 Å². The van der Waals surface area contributed by atoms with Gasteiger partial charge in [-0.2, -0.15) is 0 Å². The predicted molar refractivity (Wildman–Crippen MR) is 99.7 cm³/mol. The van der Waals surface area contributed by atoms with E-state index in [9.17, 15) is 4.79 Å². The molecule has 2 saturated heterocycles. The van der Waals surface area contributed by atoms with Gasteiger partial charge >= 0.3 is 6.03 Å². The number of piperidine rings is 2. The van der Waals surface area contributed by atoms with E-state index in [1.807, 2.05) is 24.3 Å². The van der Waals surface area contributed by atoms with Gasteiger partial charge in [-0.3, -0.25) is 4.90 Å². The van der Waals surface area contributed by atoms with Crippen LogP contribution in [-0.2, 0) is 0 Å². The molecule has 0 spiro atoms. The zero-order valence-electron chi connectivity index (χ0n) is 14.3. The first kappa shape index (κ1) is 16.3. The number of nitrogens with one attached hydrogen (secondary N) is 2. The highest BCUT2D eigenvalue weighted by atomic mass is 32.2. The first-order valence-corrected chi connectivity index (χ1v) is 10.4. The summed E-state index contributed by atoms with van der Waals surface area (Å²) in [6, 6.07) is 10.5. The van der Waals surface area contributed by atoms with E-state index >= 15 is 0 Å². The number of benzene rings is 1. The van der Waals surface area contributed by atoms with Crippen molar-refractivity contribution in [2.24, 2.45) is 0 Å². The lowest BCUT2D eigenvalue weighted by atomic mass is 9.81. The van der Waals surface area contributed by atoms with Crippen LogP contribution in [0.1, 0.15) is 44.9 Å². The van der Waals surface area contributed by atoms with E-state index in [0.29, 0.717) is 18.1 Å². The van der Waals surface area contributed by atoms with Crippen LogP contribution in [0.3, 0.4) is 0 Å². The first-order valence-electron chi connectivity index (χ1n) is 9.22. The minimum absolute atomic E-state index is 0.0603. The molecule has 1 saturated carbocycles. The lowest BCUT2D eigenvalue weighted by Gasteiger charge is -2.49. The molecule has 2 unspecified atom stereocenters. The third-order valence-electron chi connectivity index (χ3n) is 5.68. The van der Waals surface area contributed by atoms with Crippen LogP contribution in [0.25, 0.3) is 0 Å². The Balaban J connectivity index is 1.32. The maximum atomic E-state index is 12.3. The van der Waals surface area contributed by atoms with Crippen molar-refractivity contribution in [3.05, 3.63) is 24.3 Å². The molecule has 2 aliphatic heterocycles. The number of anilines is 1. The van der Waals surface area contributed by atoms with Crippen molar-refractivity contribution in [2.45, 2.75) is 74.0 Å². The van der Waals surface area contributed by atoms with Crippen molar-refractivity contribution in [1.29, 1.82) is 0 Å². The van der Waals surface area contributed by atoms with E-state index in [1.165, 1.54) is 37.0 Å². The highest BCUT2D eigenvalue weighted by molar-refractivity contribution is 7.98. The lowest BCUT2D eigenvalue weighted by Crippen LogP contribution is -2.58. The van der Waals surface area contributed by atoms with Gasteiger partial charge in [0.2, 0.25) is 0 Å². The van der Waals surface area contributed by atoms with Gasteiger partial charge < -0.3 is 10.6 Å². The Bertz CT molecular complexity index is 573. The van der Waals surface area contributed by atoms with Crippen LogP contribution >= 0.6 is 11.8 Å². The van der Waals surface area contributed by atoms with Crippen LogP contribution in [0.4, 0.5) is 10.5 Å². The van der Waals surface area contributed by atoms with Gasteiger partial charge in [-0.1, -0.05) is 6.42 Å². The minimum Gasteiger partial charge on any atom is -0.335 e. The third-order valence-corrected chi connectivity index (χ3v) is 6.43. The molecule has 2 amide bonds. The van der Waals surface area contributed by atoms with E-state index < -0.39 is 0 Å². The second-order valence-electron chi connectivity index (χ2n) is 7.41. The number of carbonyl (C=O) groups excluding carboxylic acids is 1. The third kappa shape index (κ3) is 3.57. The van der Waals surface area contributed by atoms with Gasteiger partial charge in [0.25, 0.3) is 0 Å². The normalized spacial score (nSPS) is 30.0. The maximum absolute atomic E-state index is 12.3. The molecule has 1 aromatic rings. The molecular formula is C19H27N3OS. The van der Waals surface area contributed by atoms with Gasteiger partial charge in [0, 0.05) is 34.8 Å². The van der Waals surface area contributed by atoms with Crippen molar-refractivity contribution in [2.75, 3.05) is 11.6 Å². The molecule has 2 atom stereocenters. The van der Waals surface area contributed by atoms with Gasteiger partial charge in [0.15, 0.2) is 0 Å². The van der Waals surface area contributed by atoms with Crippen molar-refractivity contribution in [3.8, 4) is 0 Å². The smallest absolute Gasteiger partial charge is 0.319 e. The fourth-order valence-electron chi connectivity index (χ4n) is 4.53. The van der Waals surface area contributed by atoms with Crippen LogP contribution in [0, 0.1) is 0 Å². The Labute approximate surface area is 148 Å². The van der Waals surface area contributed by atoms with Crippen molar-refractivity contribution in [1.82, 2.24) is 10.2 Å². The average molecular weight is 346 g/mol. The van der Waals surface area contributed by atoms with Gasteiger partial charge in [-0.05, 0) is 69.0 Å². The van der Waals surface area contributed by atoms with Crippen LogP contribution < -0.4 is 10.6 Å². The van der Waals surface area contributed by atoms with E-state index in [-0.39, 0.29) is 6.03 Å². The molecule has 3 fully saturated rings. The van der Waals surface area contributed by atoms with Crippen LogP contribution in [0.2, 0.25) is 0 Å². The molecule has 2 heterocycles. The summed E-state index contributed by atoms with van der Waals surface area (Å²) in [6.45, 7) is 0. The monoisotopic (exact) mass is 345 g/mol. The first-order chi connectivity index (χ1) is 11.7. The predicted octanol–water partition coefficient (Wildman–Crippen LogP) is 4.08. The average Bonchev–Trinajstić information content (AvgIpc) is 3.39. The second-order valence-corrected chi connectivity index (χ2v) is 8.29. The summed E-state index contributed by atoms with van der Waals surface area (Å²) in [7, 11) is 0. The molecular weight excluding hydrogens is 318 g/mol. The molecule has 0 radical (unpaired) electrons. The summed E-state index contributed by atoms with van der Waals surface area (Å²) in [4.78, 5) is 16.3. The van der Waals surface area contributed by atoms with Crippen molar-refractivity contribution in [3.63, 3.8) is 0 Å². The SMILES string of the molecule is CSc1ccc(NC(=O)NC2CC3CCCC(C2)N3C2CC2)cc1. The number of urea groups is 1. The molecule has 4 rings (SSSR count). The molecule has 4 nitrogen and oxygen atoms in total. The van der Waals surface area contributed by atoms with Gasteiger partial charge in [0.1, 0.15) is 0 Å². The number of fused-ring (bicyclic) bond motifs is 2. The van der Waals surface area contributed by atoms with Gasteiger partial charge in [-0.25, -0.2) is 4.79 Å². The summed E-state index contributed by atoms with van der Waals surface area (Å²) in [5.74, 6) is 0. The van der Waals surface area contributed by atoms with E-state index in [0.717, 1.165) is 24.6 Å². The Morgan fingerprint density at radius 1 is 1.04 bits per heavy atom. The van der Waals surface area contributed by atoms with E-state index in [2.05, 4.69) is 21.8 Å². The Kier molecular flexibility index (Phi) is 4.72. The van der Waals surface area contributed by atoms with E-state index in [1.54, 1.807) is 11.8 Å². The number of hydrogen-bond donors (Lipinski definition) is 2. The molecule has 3 aliphatic rings. The van der Waals surface area contributed by atoms with E-state index in [4.69, 9.17) is 0 Å². The Hall–Kier alpha value is -1.20. The standard InChI is InChI=1S/C19H27N3OS/c1-24-18-9-5-13(6-10-18)20-19(23)21-14-11-16-3-2-4-17(12-14)22(16)15-7-8-15/h5-6,9-10,14-17H,2-4,7-8,11-12H2,1H3,(H2,20,21,23). The van der Waals surface area contributed by atoms with Gasteiger partial charge in [-0.15, -0.1) is 11.8 Å². The highest BCUT2D eigenvalue weighted by Crippen LogP contribution is 2.41. The Morgan fingerprint density at radius 2 is 1.71 bits per heavy atom. The van der Waals surface area contributed by atoms with Crippen LogP contribution in [-0.4, -0.2) is 41.4 Å². The minimum atomic E-state index is -0.0603. The molecule has 0 aromatic heterocycles. The van der Waals surface area contributed by atoms with Gasteiger partial charge in [0.05, 0.1) is 0 Å². The van der Waals surface area contributed by atoms with Crippen molar-refractivity contribution >= 4 is 23.5 Å². The zero-order chi connectivity index (χ0) is 16.5. The summed E-state index contributed by atoms with van der Waals surface area (Å²) in [6.07, 6.45) is 11.0. The Morgan fingerprint density at radius 3 is 2.29 bits per heavy atom. The maximum Gasteiger partial charge on any atom is 0.319 e. The molecule has 5 heteroatoms. The molecule has 130 valence electrons. The lowest BCUT2D eigenvalue weighted by molar-refractivity contribution is 0.0198. The van der Waals surface area contributed by atoms with Crippen LogP contribution in [0.5, 0.6) is 0 Å². The largest absolute Gasteiger partial charge is 0.335 e. The number of nitrogens with zero attached hydrogens (tertiary/aromatic N) is 1. The van der Waals surface area contributed by atoms with Crippen molar-refractivity contribution < 1.29 is 4.79 Å². The number of rotatable bonds is 4. The zero-order valence-corrected chi connectivity index (χ0v) is 15.1. The second kappa shape index (κ2) is 6.96. The number of thioether (sulfide) groups is 1. The summed E-state index contributed by atoms with van der Waals surface area (Å²) < 4.78 is 0. The number of hydrogen-bond acceptors (Lipinski definition) is 3. The highest BCUT2D eigenvalue weighted by Gasteiger charge is 2.45.